The van der Waals surface area contributed by atoms with Gasteiger partial charge in [-0.05, 0) is 35.6 Å². The fraction of sp³-hybridized carbons (Fsp3) is 0.391. The summed E-state index contributed by atoms with van der Waals surface area (Å²) in [5, 5.41) is 13.6. The number of carbonyl (C=O) groups is 1. The highest BCUT2D eigenvalue weighted by Crippen LogP contribution is 2.52. The van der Waals surface area contributed by atoms with Crippen LogP contribution in [0.5, 0.6) is 0 Å². The molecule has 2 aromatic carbocycles. The largest absolute Gasteiger partial charge is 0.368 e. The maximum atomic E-state index is 15.2. The molecule has 31 heavy (non-hydrogen) atoms. The smallest absolute Gasteiger partial charge is 0.235 e. The van der Waals surface area contributed by atoms with E-state index in [0.29, 0.717) is 6.42 Å². The number of halogens is 4. The number of amides is 1. The van der Waals surface area contributed by atoms with Gasteiger partial charge in [-0.3, -0.25) is 4.79 Å². The van der Waals surface area contributed by atoms with E-state index >= 15 is 8.78 Å². The summed E-state index contributed by atoms with van der Waals surface area (Å²) in [4.78, 5) is 12.4. The van der Waals surface area contributed by atoms with Gasteiger partial charge in [0.1, 0.15) is 17.0 Å². The third kappa shape index (κ3) is 4.15. The number of nitrogens with two attached hydrogens (primary N) is 1. The normalized spacial score (nSPS) is 25.9. The zero-order chi connectivity index (χ0) is 23.1. The van der Waals surface area contributed by atoms with E-state index < -0.39 is 41.0 Å². The lowest BCUT2D eigenvalue weighted by molar-refractivity contribution is -0.120. The van der Waals surface area contributed by atoms with Gasteiger partial charge in [-0.2, -0.15) is 5.26 Å². The van der Waals surface area contributed by atoms with E-state index in [1.54, 1.807) is 0 Å². The third-order valence-electron chi connectivity index (χ3n) is 5.76. The number of hydrogen-bond acceptors (Lipinski definition) is 3. The van der Waals surface area contributed by atoms with Crippen molar-refractivity contribution in [2.45, 2.75) is 50.6 Å². The highest BCUT2D eigenvalue weighted by atomic mass is 35.5. The van der Waals surface area contributed by atoms with Crippen LogP contribution in [0, 0.1) is 28.4 Å². The van der Waals surface area contributed by atoms with E-state index in [9.17, 15) is 10.1 Å². The van der Waals surface area contributed by atoms with Gasteiger partial charge in [0.25, 0.3) is 0 Å². The molecule has 0 bridgehead atoms. The summed E-state index contributed by atoms with van der Waals surface area (Å²) in [6.45, 7) is 5.88. The van der Waals surface area contributed by atoms with E-state index in [1.807, 2.05) is 20.8 Å². The van der Waals surface area contributed by atoms with Crippen molar-refractivity contribution in [1.82, 2.24) is 5.32 Å². The first-order valence-electron chi connectivity index (χ1n) is 9.78. The molecule has 2 aromatic rings. The van der Waals surface area contributed by atoms with Gasteiger partial charge in [-0.15, -0.1) is 0 Å². The average Bonchev–Trinajstić information content (AvgIpc) is 2.97. The second-order valence-corrected chi connectivity index (χ2v) is 9.93. The standard InChI is InChI=1S/C23H23Cl2F2N3O/c1-22(2,3)10-17-23(11-28,14-8-7-12(24)9-16(14)26)18(20(30-17)21(29)31)13-5-4-6-15(25)19(13)27/h4-9,17-18,20,30H,10H2,1-3H3,(H2,29,31)/t17?,18?,20-,23+/m1/s1. The lowest BCUT2D eigenvalue weighted by Gasteiger charge is -2.37. The molecule has 0 spiro atoms. The molecule has 1 fully saturated rings. The number of hydrogen-bond donors (Lipinski definition) is 2. The first-order chi connectivity index (χ1) is 14.4. The summed E-state index contributed by atoms with van der Waals surface area (Å²) in [7, 11) is 0. The lowest BCUT2D eigenvalue weighted by atomic mass is 9.62. The van der Waals surface area contributed by atoms with Gasteiger partial charge in [0, 0.05) is 22.5 Å². The Balaban J connectivity index is 2.38. The molecule has 4 atom stereocenters. The predicted octanol–water partition coefficient (Wildman–Crippen LogP) is 5.08. The highest BCUT2D eigenvalue weighted by molar-refractivity contribution is 6.31. The maximum absolute atomic E-state index is 15.2. The van der Waals surface area contributed by atoms with Crippen molar-refractivity contribution in [2.24, 2.45) is 11.1 Å². The van der Waals surface area contributed by atoms with Crippen LogP contribution in [0.1, 0.15) is 44.2 Å². The fourth-order valence-corrected chi connectivity index (χ4v) is 4.92. The molecule has 2 unspecified atom stereocenters. The maximum Gasteiger partial charge on any atom is 0.235 e. The predicted molar refractivity (Wildman–Crippen MR) is 117 cm³/mol. The molecule has 0 aliphatic carbocycles. The molecule has 164 valence electrons. The van der Waals surface area contributed by atoms with Crippen LogP contribution in [-0.4, -0.2) is 18.0 Å². The first kappa shape index (κ1) is 23.5. The van der Waals surface area contributed by atoms with Crippen molar-refractivity contribution in [3.63, 3.8) is 0 Å². The van der Waals surface area contributed by atoms with E-state index in [4.69, 9.17) is 28.9 Å². The Kier molecular flexibility index (Phi) is 6.35. The van der Waals surface area contributed by atoms with Crippen molar-refractivity contribution in [1.29, 1.82) is 5.26 Å². The van der Waals surface area contributed by atoms with Crippen LogP contribution < -0.4 is 11.1 Å². The summed E-state index contributed by atoms with van der Waals surface area (Å²) >= 11 is 12.0. The number of nitrogens with one attached hydrogen (secondary N) is 1. The second kappa shape index (κ2) is 8.38. The van der Waals surface area contributed by atoms with Gasteiger partial charge >= 0.3 is 0 Å². The number of nitrogens with zero attached hydrogens (tertiary/aromatic N) is 1. The van der Waals surface area contributed by atoms with Crippen molar-refractivity contribution >= 4 is 29.1 Å². The van der Waals surface area contributed by atoms with E-state index in [-0.39, 0.29) is 26.6 Å². The summed E-state index contributed by atoms with van der Waals surface area (Å²) in [6.07, 6.45) is 0.394. The Morgan fingerprint density at radius 1 is 1.26 bits per heavy atom. The Morgan fingerprint density at radius 2 is 1.94 bits per heavy atom. The molecular weight excluding hydrogens is 443 g/mol. The summed E-state index contributed by atoms with van der Waals surface area (Å²) in [5.41, 5.74) is 3.78. The number of rotatable bonds is 4. The minimum absolute atomic E-state index is 0.0225. The third-order valence-corrected chi connectivity index (χ3v) is 6.28. The van der Waals surface area contributed by atoms with Crippen LogP contribution in [0.4, 0.5) is 8.78 Å². The SMILES string of the molecule is CC(C)(C)CC1N[C@@H](C(N)=O)C(c2cccc(Cl)c2F)[C@@]1(C#N)c1ccc(Cl)cc1F. The topological polar surface area (TPSA) is 78.9 Å². The van der Waals surface area contributed by atoms with Gasteiger partial charge in [0.2, 0.25) is 5.91 Å². The molecular formula is C23H23Cl2F2N3O. The van der Waals surface area contributed by atoms with Gasteiger partial charge < -0.3 is 11.1 Å². The molecule has 0 aromatic heterocycles. The van der Waals surface area contributed by atoms with Crippen molar-refractivity contribution in [3.8, 4) is 6.07 Å². The van der Waals surface area contributed by atoms with Gasteiger partial charge in [-0.25, -0.2) is 8.78 Å². The van der Waals surface area contributed by atoms with Crippen LogP contribution in [0.2, 0.25) is 10.0 Å². The summed E-state index contributed by atoms with van der Waals surface area (Å²) < 4.78 is 30.4. The molecule has 1 heterocycles. The Labute approximate surface area is 190 Å². The minimum Gasteiger partial charge on any atom is -0.368 e. The molecule has 1 aliphatic rings. The number of benzene rings is 2. The summed E-state index contributed by atoms with van der Waals surface area (Å²) in [5.74, 6) is -3.37. The minimum atomic E-state index is -1.65. The molecule has 3 N–H and O–H groups in total. The van der Waals surface area contributed by atoms with E-state index in [0.717, 1.165) is 6.07 Å². The van der Waals surface area contributed by atoms with Crippen LogP contribution >= 0.6 is 23.2 Å². The Bertz CT molecular complexity index is 1060. The van der Waals surface area contributed by atoms with Crippen LogP contribution in [0.15, 0.2) is 36.4 Å². The van der Waals surface area contributed by atoms with Gasteiger partial charge in [0.15, 0.2) is 0 Å². The molecule has 0 saturated carbocycles. The number of carbonyl (C=O) groups excluding carboxylic acids is 1. The molecule has 4 nitrogen and oxygen atoms in total. The Hall–Kier alpha value is -2.20. The van der Waals surface area contributed by atoms with Crippen molar-refractivity contribution in [3.05, 3.63) is 69.2 Å². The summed E-state index contributed by atoms with van der Waals surface area (Å²) in [6, 6.07) is 8.75. The Morgan fingerprint density at radius 3 is 2.48 bits per heavy atom. The highest BCUT2D eigenvalue weighted by Gasteiger charge is 2.60. The van der Waals surface area contributed by atoms with Crippen LogP contribution in [0.3, 0.4) is 0 Å². The molecule has 1 aliphatic heterocycles. The number of primary amides is 1. The zero-order valence-corrected chi connectivity index (χ0v) is 18.9. The van der Waals surface area contributed by atoms with Gasteiger partial charge in [-0.1, -0.05) is 62.2 Å². The lowest BCUT2D eigenvalue weighted by Crippen LogP contribution is -2.45. The molecule has 1 amide bonds. The quantitative estimate of drug-likeness (QED) is 0.660. The molecule has 3 rings (SSSR count). The monoisotopic (exact) mass is 465 g/mol. The molecule has 8 heteroatoms. The van der Waals surface area contributed by atoms with Crippen LogP contribution in [-0.2, 0) is 10.2 Å². The zero-order valence-electron chi connectivity index (χ0n) is 17.3. The number of nitriles is 1. The average molecular weight is 466 g/mol. The van der Waals surface area contributed by atoms with E-state index in [2.05, 4.69) is 11.4 Å². The van der Waals surface area contributed by atoms with Crippen molar-refractivity contribution in [2.75, 3.05) is 0 Å². The van der Waals surface area contributed by atoms with E-state index in [1.165, 1.54) is 30.3 Å². The van der Waals surface area contributed by atoms with Gasteiger partial charge in [0.05, 0.1) is 17.1 Å². The van der Waals surface area contributed by atoms with Crippen LogP contribution in [0.25, 0.3) is 0 Å². The van der Waals surface area contributed by atoms with Crippen molar-refractivity contribution < 1.29 is 13.6 Å². The second-order valence-electron chi connectivity index (χ2n) is 9.09. The first-order valence-corrected chi connectivity index (χ1v) is 10.5. The molecule has 1 saturated heterocycles. The molecule has 0 radical (unpaired) electrons. The fourth-order valence-electron chi connectivity index (χ4n) is 4.58.